The summed E-state index contributed by atoms with van der Waals surface area (Å²) in [5.41, 5.74) is 1.53. The van der Waals surface area contributed by atoms with Gasteiger partial charge in [-0.3, -0.25) is 4.68 Å². The minimum atomic E-state index is -3.65. The molecule has 2 aromatic heterocycles. The molecule has 0 radical (unpaired) electrons. The van der Waals surface area contributed by atoms with Crippen LogP contribution in [0.5, 0.6) is 0 Å². The first-order valence-electron chi connectivity index (χ1n) is 9.19. The van der Waals surface area contributed by atoms with Gasteiger partial charge in [0.2, 0.25) is 10.0 Å². The molecule has 1 saturated carbocycles. The lowest BCUT2D eigenvalue weighted by atomic mass is 10.2. The zero-order valence-corrected chi connectivity index (χ0v) is 16.9. The Hall–Kier alpha value is -1.96. The molecular formula is C20H23N3O2S2. The van der Waals surface area contributed by atoms with Crippen LogP contribution in [0.2, 0.25) is 0 Å². The lowest BCUT2D eigenvalue weighted by Gasteiger charge is -2.17. The molecule has 2 heterocycles. The molecule has 1 aliphatic carbocycles. The standard InChI is InChI=1S/C20H23N3O2S2/c1-22(14-16-8-3-2-4-9-16)27(24,25)19-15-23(17-10-5-6-11-17)21-20(19)18-12-7-13-26-18/h2-4,7-9,12-13,15,17H,5-6,10-11,14H2,1H3. The predicted molar refractivity (Wildman–Crippen MR) is 108 cm³/mol. The van der Waals surface area contributed by atoms with E-state index >= 15 is 0 Å². The number of hydrogen-bond donors (Lipinski definition) is 0. The van der Waals surface area contributed by atoms with Crippen molar-refractivity contribution in [3.05, 3.63) is 59.6 Å². The van der Waals surface area contributed by atoms with Crippen molar-refractivity contribution in [1.82, 2.24) is 14.1 Å². The van der Waals surface area contributed by atoms with Gasteiger partial charge in [-0.05, 0) is 29.9 Å². The topological polar surface area (TPSA) is 55.2 Å². The SMILES string of the molecule is CN(Cc1ccccc1)S(=O)(=O)c1cn(C2CCCC2)nc1-c1cccs1. The van der Waals surface area contributed by atoms with Crippen molar-refractivity contribution in [3.8, 4) is 10.6 Å². The Bertz CT molecular complexity index is 989. The quantitative estimate of drug-likeness (QED) is 0.609. The average molecular weight is 402 g/mol. The predicted octanol–water partition coefficient (Wildman–Crippen LogP) is 4.55. The number of thiophene rings is 1. The summed E-state index contributed by atoms with van der Waals surface area (Å²) in [5.74, 6) is 0. The van der Waals surface area contributed by atoms with Gasteiger partial charge in [0.15, 0.2) is 0 Å². The molecule has 4 rings (SSSR count). The fourth-order valence-corrected chi connectivity index (χ4v) is 5.68. The first kappa shape index (κ1) is 18.4. The van der Waals surface area contributed by atoms with E-state index in [1.54, 1.807) is 13.2 Å². The van der Waals surface area contributed by atoms with E-state index in [0.717, 1.165) is 23.3 Å². The molecule has 1 aromatic carbocycles. The molecular weight excluding hydrogens is 378 g/mol. The van der Waals surface area contributed by atoms with E-state index < -0.39 is 10.0 Å². The smallest absolute Gasteiger partial charge is 0.246 e. The number of rotatable bonds is 6. The summed E-state index contributed by atoms with van der Waals surface area (Å²) in [6, 6.07) is 13.8. The van der Waals surface area contributed by atoms with E-state index in [2.05, 4.69) is 0 Å². The van der Waals surface area contributed by atoms with Crippen LogP contribution in [0.1, 0.15) is 37.3 Å². The summed E-state index contributed by atoms with van der Waals surface area (Å²) in [5, 5.41) is 6.66. The van der Waals surface area contributed by atoms with E-state index in [4.69, 9.17) is 5.10 Å². The van der Waals surface area contributed by atoms with Crippen molar-refractivity contribution in [1.29, 1.82) is 0 Å². The van der Waals surface area contributed by atoms with Crippen molar-refractivity contribution in [2.45, 2.75) is 43.2 Å². The number of nitrogens with zero attached hydrogens (tertiary/aromatic N) is 3. The minimum Gasteiger partial charge on any atom is -0.268 e. The maximum atomic E-state index is 13.4. The van der Waals surface area contributed by atoms with Gasteiger partial charge in [-0.1, -0.05) is 49.2 Å². The molecule has 0 aliphatic heterocycles. The summed E-state index contributed by atoms with van der Waals surface area (Å²) in [6.07, 6.45) is 6.21. The number of benzene rings is 1. The van der Waals surface area contributed by atoms with Crippen molar-refractivity contribution >= 4 is 21.4 Å². The van der Waals surface area contributed by atoms with E-state index in [0.29, 0.717) is 23.2 Å². The van der Waals surface area contributed by atoms with Crippen molar-refractivity contribution in [3.63, 3.8) is 0 Å². The molecule has 0 spiro atoms. The fraction of sp³-hybridized carbons (Fsp3) is 0.350. The van der Waals surface area contributed by atoms with Crippen molar-refractivity contribution in [2.24, 2.45) is 0 Å². The molecule has 0 N–H and O–H groups in total. The molecule has 0 amide bonds. The zero-order chi connectivity index (χ0) is 18.9. The summed E-state index contributed by atoms with van der Waals surface area (Å²) in [4.78, 5) is 1.19. The Morgan fingerprint density at radius 3 is 2.56 bits per heavy atom. The molecule has 5 nitrogen and oxygen atoms in total. The third kappa shape index (κ3) is 3.72. The van der Waals surface area contributed by atoms with Gasteiger partial charge in [0.05, 0.1) is 10.9 Å². The summed E-state index contributed by atoms with van der Waals surface area (Å²) >= 11 is 1.52. The summed E-state index contributed by atoms with van der Waals surface area (Å²) in [7, 11) is -2.01. The largest absolute Gasteiger partial charge is 0.268 e. The average Bonchev–Trinajstić information content (AvgIpc) is 3.42. The van der Waals surface area contributed by atoms with Gasteiger partial charge < -0.3 is 0 Å². The van der Waals surface area contributed by atoms with E-state index in [-0.39, 0.29) is 0 Å². The third-order valence-corrected chi connectivity index (χ3v) is 7.77. The van der Waals surface area contributed by atoms with Crippen LogP contribution < -0.4 is 0 Å². The van der Waals surface area contributed by atoms with Crippen LogP contribution in [0.3, 0.4) is 0 Å². The van der Waals surface area contributed by atoms with Gasteiger partial charge in [-0.25, -0.2) is 8.42 Å². The molecule has 142 valence electrons. The second-order valence-corrected chi connectivity index (χ2v) is 9.95. The summed E-state index contributed by atoms with van der Waals surface area (Å²) in [6.45, 7) is 0.335. The number of hydrogen-bond acceptors (Lipinski definition) is 4. The maximum Gasteiger partial charge on any atom is 0.246 e. The van der Waals surface area contributed by atoms with Crippen molar-refractivity contribution < 1.29 is 8.42 Å². The van der Waals surface area contributed by atoms with Crippen LogP contribution in [-0.2, 0) is 16.6 Å². The van der Waals surface area contributed by atoms with Crippen LogP contribution in [0.15, 0.2) is 58.9 Å². The third-order valence-electron chi connectivity index (χ3n) is 5.09. The second-order valence-electron chi connectivity index (χ2n) is 6.98. The Morgan fingerprint density at radius 2 is 1.89 bits per heavy atom. The molecule has 1 fully saturated rings. The van der Waals surface area contributed by atoms with Crippen LogP contribution in [0, 0.1) is 0 Å². The molecule has 0 bridgehead atoms. The monoisotopic (exact) mass is 401 g/mol. The van der Waals surface area contributed by atoms with E-state index in [1.807, 2.05) is 52.5 Å². The fourth-order valence-electron chi connectivity index (χ4n) is 3.60. The van der Waals surface area contributed by atoms with Crippen LogP contribution in [0.4, 0.5) is 0 Å². The second kappa shape index (κ2) is 7.58. The van der Waals surface area contributed by atoms with Crippen LogP contribution in [0.25, 0.3) is 10.6 Å². The highest BCUT2D eigenvalue weighted by atomic mass is 32.2. The maximum absolute atomic E-state index is 13.4. The molecule has 0 unspecified atom stereocenters. The van der Waals surface area contributed by atoms with Gasteiger partial charge in [0, 0.05) is 19.8 Å². The van der Waals surface area contributed by atoms with Gasteiger partial charge in [-0.15, -0.1) is 11.3 Å². The molecule has 27 heavy (non-hydrogen) atoms. The van der Waals surface area contributed by atoms with Crippen molar-refractivity contribution in [2.75, 3.05) is 7.05 Å². The van der Waals surface area contributed by atoms with Gasteiger partial charge >= 0.3 is 0 Å². The highest BCUT2D eigenvalue weighted by molar-refractivity contribution is 7.89. The molecule has 0 atom stereocenters. The highest BCUT2D eigenvalue weighted by Crippen LogP contribution is 2.35. The van der Waals surface area contributed by atoms with Crippen LogP contribution in [-0.4, -0.2) is 29.6 Å². The molecule has 1 aliphatic rings. The number of aromatic nitrogens is 2. The van der Waals surface area contributed by atoms with Gasteiger partial charge in [0.25, 0.3) is 0 Å². The Balaban J connectivity index is 1.72. The Morgan fingerprint density at radius 1 is 1.15 bits per heavy atom. The minimum absolute atomic E-state index is 0.298. The zero-order valence-electron chi connectivity index (χ0n) is 15.3. The first-order chi connectivity index (χ1) is 13.1. The lowest BCUT2D eigenvalue weighted by molar-refractivity contribution is 0.460. The molecule has 7 heteroatoms. The molecule has 3 aromatic rings. The number of sulfonamides is 1. The van der Waals surface area contributed by atoms with Gasteiger partial charge in [-0.2, -0.15) is 9.40 Å². The lowest BCUT2D eigenvalue weighted by Crippen LogP contribution is -2.26. The first-order valence-corrected chi connectivity index (χ1v) is 11.5. The summed E-state index contributed by atoms with van der Waals surface area (Å²) < 4.78 is 30.0. The van der Waals surface area contributed by atoms with E-state index in [1.165, 1.54) is 28.5 Å². The van der Waals surface area contributed by atoms with Gasteiger partial charge in [0.1, 0.15) is 10.6 Å². The van der Waals surface area contributed by atoms with E-state index in [9.17, 15) is 8.42 Å². The Labute approximate surface area is 164 Å². The Kier molecular flexibility index (Phi) is 5.16. The highest BCUT2D eigenvalue weighted by Gasteiger charge is 2.30. The normalized spacial score (nSPS) is 15.6. The van der Waals surface area contributed by atoms with Crippen LogP contribution >= 0.6 is 11.3 Å². The molecule has 0 saturated heterocycles.